The quantitative estimate of drug-likeness (QED) is 0.848. The Morgan fingerprint density at radius 3 is 2.48 bits per heavy atom. The highest BCUT2D eigenvalue weighted by atomic mass is 35.5. The van der Waals surface area contributed by atoms with E-state index in [9.17, 15) is 4.79 Å². The smallest absolute Gasteiger partial charge is 0.239 e. The molecule has 0 aliphatic carbocycles. The zero-order chi connectivity index (χ0) is 14.6. The van der Waals surface area contributed by atoms with E-state index in [0.717, 1.165) is 10.7 Å². The van der Waals surface area contributed by atoms with Gasteiger partial charge in [-0.15, -0.1) is 36.2 Å². The average Bonchev–Trinajstić information content (AvgIpc) is 2.78. The van der Waals surface area contributed by atoms with Gasteiger partial charge in [-0.2, -0.15) is 0 Å². The number of carbonyl (C=O) groups excluding carboxylic acids is 1. The predicted molar refractivity (Wildman–Crippen MR) is 91.7 cm³/mol. The summed E-state index contributed by atoms with van der Waals surface area (Å²) in [7, 11) is 1.52. The predicted octanol–water partition coefficient (Wildman–Crippen LogP) is 2.44. The van der Waals surface area contributed by atoms with Crippen molar-refractivity contribution in [1.29, 1.82) is 0 Å². The third kappa shape index (κ3) is 6.93. The summed E-state index contributed by atoms with van der Waals surface area (Å²) in [5.41, 5.74) is 6.73. The van der Waals surface area contributed by atoms with Gasteiger partial charge in [-0.3, -0.25) is 4.79 Å². The van der Waals surface area contributed by atoms with Crippen molar-refractivity contribution in [1.82, 2.24) is 10.3 Å². The summed E-state index contributed by atoms with van der Waals surface area (Å²) in [5, 5.41) is 5.78. The number of hydrogen-bond acceptors (Lipinski definition) is 5. The second-order valence-corrected chi connectivity index (χ2v) is 6.50. The number of nitrogens with two attached hydrogens (primary N) is 1. The monoisotopic (exact) mass is 357 g/mol. The molecule has 1 heterocycles. The van der Waals surface area contributed by atoms with Crippen LogP contribution in [0.3, 0.4) is 0 Å². The molecule has 1 aromatic rings. The molecule has 2 unspecified atom stereocenters. The van der Waals surface area contributed by atoms with Crippen molar-refractivity contribution in [3.8, 4) is 0 Å². The molecule has 1 aromatic heterocycles. The molecule has 3 N–H and O–H groups in total. The van der Waals surface area contributed by atoms with Gasteiger partial charge < -0.3 is 15.8 Å². The summed E-state index contributed by atoms with van der Waals surface area (Å²) in [6, 6.07) is -0.786. The lowest BCUT2D eigenvalue weighted by molar-refractivity contribution is -0.124. The fourth-order valence-corrected chi connectivity index (χ4v) is 2.52. The fraction of sp³-hybridized carbons (Fsp3) is 0.692. The molecule has 1 amide bonds. The van der Waals surface area contributed by atoms with Crippen LogP contribution in [0.25, 0.3) is 0 Å². The number of hydrogen-bond donors (Lipinski definition) is 2. The maximum atomic E-state index is 11.8. The SMILES string of the molecule is COCC(N)C(=O)NC(C)c1nc(C(C)(C)C)cs1.Cl.Cl. The lowest BCUT2D eigenvalue weighted by Crippen LogP contribution is -2.44. The molecule has 124 valence electrons. The summed E-state index contributed by atoms with van der Waals surface area (Å²) < 4.78 is 4.86. The molecule has 0 aliphatic rings. The van der Waals surface area contributed by atoms with E-state index in [0.29, 0.717) is 0 Å². The van der Waals surface area contributed by atoms with Crippen molar-refractivity contribution in [2.75, 3.05) is 13.7 Å². The highest BCUT2D eigenvalue weighted by molar-refractivity contribution is 7.09. The molecule has 1 rings (SSSR count). The van der Waals surface area contributed by atoms with Gasteiger partial charge >= 0.3 is 0 Å². The number of nitrogens with zero attached hydrogens (tertiary/aromatic N) is 1. The van der Waals surface area contributed by atoms with E-state index < -0.39 is 6.04 Å². The van der Waals surface area contributed by atoms with Crippen LogP contribution in [0.2, 0.25) is 0 Å². The van der Waals surface area contributed by atoms with Crippen LogP contribution in [0, 0.1) is 0 Å². The fourth-order valence-electron chi connectivity index (χ4n) is 1.47. The zero-order valence-corrected chi connectivity index (χ0v) is 15.5. The van der Waals surface area contributed by atoms with Gasteiger partial charge in [-0.25, -0.2) is 4.98 Å². The van der Waals surface area contributed by atoms with E-state index in [1.165, 1.54) is 7.11 Å². The molecule has 0 bridgehead atoms. The number of methoxy groups -OCH3 is 1. The highest BCUT2D eigenvalue weighted by Crippen LogP contribution is 2.26. The Kier molecular flexibility index (Phi) is 10.4. The van der Waals surface area contributed by atoms with E-state index >= 15 is 0 Å². The first-order chi connectivity index (χ1) is 8.75. The molecule has 8 heteroatoms. The summed E-state index contributed by atoms with van der Waals surface area (Å²) in [4.78, 5) is 16.4. The Morgan fingerprint density at radius 1 is 1.48 bits per heavy atom. The van der Waals surface area contributed by atoms with E-state index in [1.807, 2.05) is 12.3 Å². The Balaban J connectivity index is 0. The van der Waals surface area contributed by atoms with Crippen LogP contribution in [0.15, 0.2) is 5.38 Å². The van der Waals surface area contributed by atoms with Gasteiger partial charge in [0.05, 0.1) is 18.3 Å². The highest BCUT2D eigenvalue weighted by Gasteiger charge is 2.21. The molecule has 5 nitrogen and oxygen atoms in total. The van der Waals surface area contributed by atoms with Crippen LogP contribution < -0.4 is 11.1 Å². The summed E-state index contributed by atoms with van der Waals surface area (Å²) in [6.07, 6.45) is 0. The maximum absolute atomic E-state index is 11.8. The third-order valence-corrected chi connectivity index (χ3v) is 3.73. The van der Waals surface area contributed by atoms with E-state index in [2.05, 4.69) is 31.1 Å². The lowest BCUT2D eigenvalue weighted by Gasteiger charge is -2.16. The first-order valence-corrected chi connectivity index (χ1v) is 7.14. The normalized spacial score (nSPS) is 13.6. The van der Waals surface area contributed by atoms with E-state index in [4.69, 9.17) is 10.5 Å². The van der Waals surface area contributed by atoms with E-state index in [-0.39, 0.29) is 48.8 Å². The molecule has 0 aromatic carbocycles. The molecule has 0 aliphatic heterocycles. The number of rotatable bonds is 5. The molecule has 0 fully saturated rings. The van der Waals surface area contributed by atoms with Crippen molar-refractivity contribution in [2.24, 2.45) is 5.73 Å². The van der Waals surface area contributed by atoms with Crippen LogP contribution >= 0.6 is 36.2 Å². The van der Waals surface area contributed by atoms with Gasteiger partial charge in [-0.05, 0) is 6.92 Å². The third-order valence-electron chi connectivity index (χ3n) is 2.70. The van der Waals surface area contributed by atoms with Crippen molar-refractivity contribution in [3.05, 3.63) is 16.1 Å². The number of nitrogens with one attached hydrogen (secondary N) is 1. The number of thiazole rings is 1. The van der Waals surface area contributed by atoms with Gasteiger partial charge in [0.1, 0.15) is 11.0 Å². The minimum atomic E-state index is -0.644. The Morgan fingerprint density at radius 2 is 2.05 bits per heavy atom. The first kappa shape index (κ1) is 22.9. The first-order valence-electron chi connectivity index (χ1n) is 6.26. The number of carbonyl (C=O) groups is 1. The van der Waals surface area contributed by atoms with Gasteiger partial charge in [0, 0.05) is 17.9 Å². The molecule has 0 saturated carbocycles. The van der Waals surface area contributed by atoms with Crippen LogP contribution in [0.4, 0.5) is 0 Å². The van der Waals surface area contributed by atoms with Crippen molar-refractivity contribution < 1.29 is 9.53 Å². The molecule has 0 spiro atoms. The number of ether oxygens (including phenoxy) is 1. The number of halogens is 2. The van der Waals surface area contributed by atoms with Crippen molar-refractivity contribution in [3.63, 3.8) is 0 Å². The molecule has 2 atom stereocenters. The molecule has 21 heavy (non-hydrogen) atoms. The van der Waals surface area contributed by atoms with Gasteiger partial charge in [0.15, 0.2) is 0 Å². The van der Waals surface area contributed by atoms with E-state index in [1.54, 1.807) is 11.3 Å². The zero-order valence-electron chi connectivity index (χ0n) is 13.0. The van der Waals surface area contributed by atoms with Gasteiger partial charge in [-0.1, -0.05) is 20.8 Å². The lowest BCUT2D eigenvalue weighted by atomic mass is 9.93. The van der Waals surface area contributed by atoms with Crippen molar-refractivity contribution >= 4 is 42.1 Å². The molecular weight excluding hydrogens is 333 g/mol. The number of aromatic nitrogens is 1. The van der Waals surface area contributed by atoms with Crippen LogP contribution in [-0.4, -0.2) is 30.6 Å². The summed E-state index contributed by atoms with van der Waals surface area (Å²) in [5.74, 6) is -0.221. The second kappa shape index (κ2) is 9.58. The van der Waals surface area contributed by atoms with Crippen LogP contribution in [-0.2, 0) is 14.9 Å². The topological polar surface area (TPSA) is 77.2 Å². The standard InChI is InChI=1S/C13H23N3O2S.2ClH/c1-8(15-11(17)9(14)6-18-5)12-16-10(7-19-12)13(2,3)4;;/h7-9H,6,14H2,1-5H3,(H,15,17);2*1H. The van der Waals surface area contributed by atoms with Crippen LogP contribution in [0.5, 0.6) is 0 Å². The molecule has 0 radical (unpaired) electrons. The largest absolute Gasteiger partial charge is 0.383 e. The maximum Gasteiger partial charge on any atom is 0.239 e. The molecular formula is C13H25Cl2N3O2S. The van der Waals surface area contributed by atoms with Gasteiger partial charge in [0.2, 0.25) is 5.91 Å². The molecule has 0 saturated heterocycles. The number of amides is 1. The second-order valence-electron chi connectivity index (χ2n) is 5.61. The minimum absolute atomic E-state index is 0. The Bertz CT molecular complexity index is 435. The average molecular weight is 358 g/mol. The van der Waals surface area contributed by atoms with Gasteiger partial charge in [0.25, 0.3) is 0 Å². The Labute approximate surface area is 142 Å². The summed E-state index contributed by atoms with van der Waals surface area (Å²) in [6.45, 7) is 8.46. The van der Waals surface area contributed by atoms with Crippen LogP contribution in [0.1, 0.15) is 44.4 Å². The minimum Gasteiger partial charge on any atom is -0.383 e. The summed E-state index contributed by atoms with van der Waals surface area (Å²) >= 11 is 1.55. The van der Waals surface area contributed by atoms with Crippen molar-refractivity contribution in [2.45, 2.75) is 45.2 Å². The Hall–Kier alpha value is -0.400.